The van der Waals surface area contributed by atoms with Gasteiger partial charge in [-0.3, -0.25) is 0 Å². The number of hydrogen-bond acceptors (Lipinski definition) is 1. The van der Waals surface area contributed by atoms with Crippen LogP contribution in [-0.4, -0.2) is 13.1 Å². The zero-order valence-corrected chi connectivity index (χ0v) is 15.1. The van der Waals surface area contributed by atoms with E-state index in [0.717, 1.165) is 12.5 Å². The molecule has 1 aliphatic carbocycles. The number of nitrogens with one attached hydrogen (secondary N) is 1. The van der Waals surface area contributed by atoms with Crippen LogP contribution < -0.4 is 5.32 Å². The van der Waals surface area contributed by atoms with Crippen LogP contribution in [0.2, 0.25) is 0 Å². The van der Waals surface area contributed by atoms with Gasteiger partial charge in [-0.25, -0.2) is 0 Å². The first kappa shape index (κ1) is 16.3. The maximum atomic E-state index is 3.73. The molecule has 1 aromatic rings. The Morgan fingerprint density at radius 3 is 2.35 bits per heavy atom. The van der Waals surface area contributed by atoms with E-state index in [4.69, 9.17) is 0 Å². The molecule has 0 unspecified atom stereocenters. The lowest BCUT2D eigenvalue weighted by atomic mass is 9.70. The lowest BCUT2D eigenvalue weighted by molar-refractivity contribution is 0.179. The molecule has 1 fully saturated rings. The first-order valence-electron chi connectivity index (χ1n) is 8.05. The van der Waals surface area contributed by atoms with Crippen LogP contribution in [0.15, 0.2) is 24.3 Å². The van der Waals surface area contributed by atoms with Gasteiger partial charge >= 0.3 is 0 Å². The molecule has 0 atom stereocenters. The van der Waals surface area contributed by atoms with Crippen LogP contribution in [0.25, 0.3) is 0 Å². The second-order valence-corrected chi connectivity index (χ2v) is 8.13. The minimum absolute atomic E-state index is 0.500. The zero-order chi connectivity index (χ0) is 14.4. The summed E-state index contributed by atoms with van der Waals surface area (Å²) in [5.74, 6) is 0.744. The molecular formula is C18H28IN. The Balaban J connectivity index is 2.00. The molecule has 1 aromatic carbocycles. The average molecular weight is 385 g/mol. The highest BCUT2D eigenvalue weighted by molar-refractivity contribution is 14.1. The quantitative estimate of drug-likeness (QED) is 0.678. The third kappa shape index (κ3) is 5.03. The molecular weight excluding hydrogens is 357 g/mol. The van der Waals surface area contributed by atoms with Gasteiger partial charge in [-0.05, 0) is 77.4 Å². The highest BCUT2D eigenvalue weighted by Crippen LogP contribution is 2.38. The Labute approximate surface area is 138 Å². The normalized spacial score (nSPS) is 18.4. The Hall–Kier alpha value is -0.0900. The minimum atomic E-state index is 0.500. The monoisotopic (exact) mass is 385 g/mol. The summed E-state index contributed by atoms with van der Waals surface area (Å²) in [5.41, 5.74) is 2.01. The maximum absolute atomic E-state index is 3.73. The molecule has 0 aliphatic heterocycles. The summed E-state index contributed by atoms with van der Waals surface area (Å²) in [7, 11) is 0. The Kier molecular flexibility index (Phi) is 6.34. The van der Waals surface area contributed by atoms with E-state index in [1.807, 2.05) is 0 Å². The van der Waals surface area contributed by atoms with Crippen molar-refractivity contribution in [2.24, 2.45) is 11.3 Å². The molecule has 1 aliphatic rings. The summed E-state index contributed by atoms with van der Waals surface area (Å²) in [5, 5.41) is 3.73. The van der Waals surface area contributed by atoms with Crippen molar-refractivity contribution >= 4 is 22.6 Å². The molecule has 2 heteroatoms. The van der Waals surface area contributed by atoms with Crippen molar-refractivity contribution in [1.29, 1.82) is 0 Å². The third-order valence-corrected chi connectivity index (χ3v) is 5.18. The topological polar surface area (TPSA) is 12.0 Å². The van der Waals surface area contributed by atoms with Crippen molar-refractivity contribution in [2.75, 3.05) is 13.1 Å². The predicted molar refractivity (Wildman–Crippen MR) is 96.1 cm³/mol. The van der Waals surface area contributed by atoms with Gasteiger partial charge in [-0.2, -0.15) is 0 Å². The summed E-state index contributed by atoms with van der Waals surface area (Å²) < 4.78 is 1.34. The Morgan fingerprint density at radius 2 is 1.75 bits per heavy atom. The highest BCUT2D eigenvalue weighted by atomic mass is 127. The van der Waals surface area contributed by atoms with Crippen molar-refractivity contribution in [3.63, 3.8) is 0 Å². The fourth-order valence-electron chi connectivity index (χ4n) is 3.38. The molecule has 1 saturated carbocycles. The smallest absolute Gasteiger partial charge is 0.0130 e. The highest BCUT2D eigenvalue weighted by Gasteiger charge is 2.31. The standard InChI is InChI=1S/C18H28IN/c1-15(2)13-20-14-18(10-4-3-5-11-18)12-16-6-8-17(19)9-7-16/h6-9,15,20H,3-5,10-14H2,1-2H3. The van der Waals surface area contributed by atoms with Gasteiger partial charge in [0.1, 0.15) is 0 Å². The van der Waals surface area contributed by atoms with Crippen molar-refractivity contribution in [3.8, 4) is 0 Å². The van der Waals surface area contributed by atoms with Crippen molar-refractivity contribution in [3.05, 3.63) is 33.4 Å². The van der Waals surface area contributed by atoms with Gasteiger partial charge in [-0.1, -0.05) is 45.2 Å². The lowest BCUT2D eigenvalue weighted by Gasteiger charge is -2.38. The zero-order valence-electron chi connectivity index (χ0n) is 12.9. The molecule has 112 valence electrons. The molecule has 0 heterocycles. The second-order valence-electron chi connectivity index (χ2n) is 6.89. The van der Waals surface area contributed by atoms with E-state index in [-0.39, 0.29) is 0 Å². The molecule has 0 bridgehead atoms. The number of benzene rings is 1. The van der Waals surface area contributed by atoms with Crippen LogP contribution in [0.3, 0.4) is 0 Å². The van der Waals surface area contributed by atoms with Gasteiger partial charge in [0.15, 0.2) is 0 Å². The molecule has 2 rings (SSSR count). The fraction of sp³-hybridized carbons (Fsp3) is 0.667. The van der Waals surface area contributed by atoms with Crippen LogP contribution in [-0.2, 0) is 6.42 Å². The summed E-state index contributed by atoms with van der Waals surface area (Å²) in [4.78, 5) is 0. The molecule has 0 saturated heterocycles. The minimum Gasteiger partial charge on any atom is -0.316 e. The third-order valence-electron chi connectivity index (χ3n) is 4.46. The van der Waals surface area contributed by atoms with Gasteiger partial charge in [0.05, 0.1) is 0 Å². The van der Waals surface area contributed by atoms with Gasteiger partial charge < -0.3 is 5.32 Å². The van der Waals surface area contributed by atoms with Gasteiger partial charge in [0.2, 0.25) is 0 Å². The summed E-state index contributed by atoms with van der Waals surface area (Å²) in [6.45, 7) is 6.92. The molecule has 0 spiro atoms. The van der Waals surface area contributed by atoms with E-state index in [9.17, 15) is 0 Å². The Morgan fingerprint density at radius 1 is 1.10 bits per heavy atom. The van der Waals surface area contributed by atoms with Gasteiger partial charge in [0.25, 0.3) is 0 Å². The first-order valence-corrected chi connectivity index (χ1v) is 9.13. The van der Waals surface area contributed by atoms with E-state index in [1.54, 1.807) is 0 Å². The average Bonchev–Trinajstić information content (AvgIpc) is 2.42. The number of hydrogen-bond donors (Lipinski definition) is 1. The SMILES string of the molecule is CC(C)CNCC1(Cc2ccc(I)cc2)CCCCC1. The largest absolute Gasteiger partial charge is 0.316 e. The van der Waals surface area contributed by atoms with Crippen LogP contribution >= 0.6 is 22.6 Å². The molecule has 20 heavy (non-hydrogen) atoms. The van der Waals surface area contributed by atoms with Crippen molar-refractivity contribution in [1.82, 2.24) is 5.32 Å². The number of rotatable bonds is 6. The van der Waals surface area contributed by atoms with Crippen LogP contribution in [0.4, 0.5) is 0 Å². The van der Waals surface area contributed by atoms with E-state index in [1.165, 1.54) is 54.2 Å². The van der Waals surface area contributed by atoms with Crippen LogP contribution in [0.1, 0.15) is 51.5 Å². The Bertz CT molecular complexity index is 390. The van der Waals surface area contributed by atoms with Crippen LogP contribution in [0, 0.1) is 14.9 Å². The summed E-state index contributed by atoms with van der Waals surface area (Å²) in [6.07, 6.45) is 8.28. The molecule has 0 aromatic heterocycles. The second kappa shape index (κ2) is 7.79. The van der Waals surface area contributed by atoms with E-state index < -0.39 is 0 Å². The van der Waals surface area contributed by atoms with Gasteiger partial charge in [-0.15, -0.1) is 0 Å². The number of halogens is 1. The summed E-state index contributed by atoms with van der Waals surface area (Å²) >= 11 is 2.39. The maximum Gasteiger partial charge on any atom is 0.0130 e. The van der Waals surface area contributed by atoms with E-state index >= 15 is 0 Å². The first-order chi connectivity index (χ1) is 9.60. The lowest BCUT2D eigenvalue weighted by Crippen LogP contribution is -2.39. The summed E-state index contributed by atoms with van der Waals surface area (Å²) in [6, 6.07) is 9.13. The molecule has 1 nitrogen and oxygen atoms in total. The molecule has 1 N–H and O–H groups in total. The van der Waals surface area contributed by atoms with Crippen LogP contribution in [0.5, 0.6) is 0 Å². The molecule has 0 radical (unpaired) electrons. The van der Waals surface area contributed by atoms with E-state index in [2.05, 4.69) is 66.0 Å². The molecule has 0 amide bonds. The fourth-order valence-corrected chi connectivity index (χ4v) is 3.74. The van der Waals surface area contributed by atoms with Gasteiger partial charge in [0, 0.05) is 10.1 Å². The predicted octanol–water partition coefficient (Wildman–Crippen LogP) is 5.03. The van der Waals surface area contributed by atoms with Crippen molar-refractivity contribution in [2.45, 2.75) is 52.4 Å². The van der Waals surface area contributed by atoms with Crippen molar-refractivity contribution < 1.29 is 0 Å². The van der Waals surface area contributed by atoms with E-state index in [0.29, 0.717) is 5.41 Å².